The molecular weight excluding hydrogens is 336 g/mol. The van der Waals surface area contributed by atoms with Gasteiger partial charge in [-0.2, -0.15) is 0 Å². The molecule has 3 rings (SSSR count). The van der Waals surface area contributed by atoms with Crippen LogP contribution in [0.5, 0.6) is 5.75 Å². The summed E-state index contributed by atoms with van der Waals surface area (Å²) >= 11 is 3.09. The van der Waals surface area contributed by atoms with Gasteiger partial charge in [0.05, 0.1) is 23.4 Å². The van der Waals surface area contributed by atoms with Crippen LogP contribution in [0.4, 0.5) is 8.78 Å². The number of carbonyl (C=O) groups excluding carboxylic acids is 1. The van der Waals surface area contributed by atoms with Crippen molar-refractivity contribution in [3.05, 3.63) is 51.9 Å². The largest absolute Gasteiger partial charge is 0.490 e. The minimum Gasteiger partial charge on any atom is -0.490 e. The van der Waals surface area contributed by atoms with E-state index in [4.69, 9.17) is 9.15 Å². The zero-order chi connectivity index (χ0) is 14.3. The summed E-state index contributed by atoms with van der Waals surface area (Å²) in [5.74, 6) is -1.78. The Hall–Kier alpha value is -1.89. The number of furan rings is 1. The number of carbonyl (C=O) groups is 1. The molecule has 7 heteroatoms. The Morgan fingerprint density at radius 2 is 2.20 bits per heavy atom. The maximum atomic E-state index is 13.8. The molecule has 1 aliphatic heterocycles. The Labute approximate surface area is 120 Å². The third-order valence-electron chi connectivity index (χ3n) is 2.98. The van der Waals surface area contributed by atoms with E-state index >= 15 is 0 Å². The highest BCUT2D eigenvalue weighted by Crippen LogP contribution is 2.35. The molecule has 4 nitrogen and oxygen atoms in total. The summed E-state index contributed by atoms with van der Waals surface area (Å²) in [5.41, 5.74) is 0.445. The average molecular weight is 344 g/mol. The molecule has 20 heavy (non-hydrogen) atoms. The second kappa shape index (κ2) is 4.90. The number of rotatable bonds is 2. The van der Waals surface area contributed by atoms with Crippen LogP contribution < -0.4 is 10.1 Å². The fourth-order valence-electron chi connectivity index (χ4n) is 2.08. The van der Waals surface area contributed by atoms with Crippen LogP contribution in [0.1, 0.15) is 22.0 Å². The normalized spacial score (nSPS) is 16.6. The van der Waals surface area contributed by atoms with Crippen molar-refractivity contribution in [3.8, 4) is 5.75 Å². The molecule has 1 aromatic heterocycles. The summed E-state index contributed by atoms with van der Waals surface area (Å²) < 4.78 is 37.3. The zero-order valence-electron chi connectivity index (χ0n) is 9.95. The molecule has 0 fully saturated rings. The van der Waals surface area contributed by atoms with Crippen LogP contribution >= 0.6 is 15.9 Å². The smallest absolute Gasteiger partial charge is 0.256 e. The number of ether oxygens (including phenoxy) is 1. The van der Waals surface area contributed by atoms with E-state index in [9.17, 15) is 13.6 Å². The number of nitrogens with one attached hydrogen (secondary N) is 1. The standard InChI is InChI=1S/C13H8BrF2NO3/c14-12-7(1-2-19-12)13(18)17-9-5-20-10-4-6(15)3-8(16)11(9)10/h1-4,9H,5H2,(H,17,18)/t9-/m0/s1. The van der Waals surface area contributed by atoms with E-state index < -0.39 is 23.6 Å². The number of fused-ring (bicyclic) bond motifs is 1. The van der Waals surface area contributed by atoms with E-state index in [0.29, 0.717) is 5.56 Å². The second-order valence-electron chi connectivity index (χ2n) is 4.24. The molecular formula is C13H8BrF2NO3. The van der Waals surface area contributed by atoms with Crippen molar-refractivity contribution in [1.29, 1.82) is 0 Å². The quantitative estimate of drug-likeness (QED) is 0.911. The van der Waals surface area contributed by atoms with Crippen molar-refractivity contribution in [2.24, 2.45) is 0 Å². The van der Waals surface area contributed by atoms with Gasteiger partial charge < -0.3 is 14.5 Å². The van der Waals surface area contributed by atoms with E-state index in [2.05, 4.69) is 21.2 Å². The van der Waals surface area contributed by atoms with E-state index in [-0.39, 0.29) is 22.6 Å². The molecule has 0 radical (unpaired) electrons. The number of amides is 1. The first-order chi connectivity index (χ1) is 9.56. The third-order valence-corrected chi connectivity index (χ3v) is 3.59. The highest BCUT2D eigenvalue weighted by molar-refractivity contribution is 9.10. The molecule has 0 spiro atoms. The first-order valence-corrected chi connectivity index (χ1v) is 6.51. The highest BCUT2D eigenvalue weighted by atomic mass is 79.9. The lowest BCUT2D eigenvalue weighted by Crippen LogP contribution is -2.29. The fraction of sp³-hybridized carbons (Fsp3) is 0.154. The Kier molecular flexibility index (Phi) is 3.21. The minimum atomic E-state index is -0.742. The van der Waals surface area contributed by atoms with Crippen LogP contribution in [-0.2, 0) is 0 Å². The number of hydrogen-bond donors (Lipinski definition) is 1. The second-order valence-corrected chi connectivity index (χ2v) is 4.96. The molecule has 1 amide bonds. The average Bonchev–Trinajstić information content (AvgIpc) is 2.96. The molecule has 0 aliphatic carbocycles. The number of halogens is 3. The van der Waals surface area contributed by atoms with Gasteiger partial charge in [0.2, 0.25) is 0 Å². The van der Waals surface area contributed by atoms with Gasteiger partial charge in [0.15, 0.2) is 4.67 Å². The lowest BCUT2D eigenvalue weighted by Gasteiger charge is -2.11. The molecule has 0 bridgehead atoms. The van der Waals surface area contributed by atoms with Crippen LogP contribution in [0.3, 0.4) is 0 Å². The van der Waals surface area contributed by atoms with Crippen molar-refractivity contribution in [2.75, 3.05) is 6.61 Å². The first kappa shape index (κ1) is 13.1. The Morgan fingerprint density at radius 3 is 2.90 bits per heavy atom. The molecule has 0 saturated heterocycles. The summed E-state index contributed by atoms with van der Waals surface area (Å²) in [6.07, 6.45) is 1.36. The van der Waals surface area contributed by atoms with E-state index in [1.54, 1.807) is 0 Å². The predicted molar refractivity (Wildman–Crippen MR) is 68.5 cm³/mol. The molecule has 104 valence electrons. The van der Waals surface area contributed by atoms with Gasteiger partial charge in [0.1, 0.15) is 24.0 Å². The highest BCUT2D eigenvalue weighted by Gasteiger charge is 2.30. The maximum absolute atomic E-state index is 13.8. The van der Waals surface area contributed by atoms with Gasteiger partial charge in [-0.1, -0.05) is 0 Å². The van der Waals surface area contributed by atoms with Gasteiger partial charge in [-0.05, 0) is 22.0 Å². The fourth-order valence-corrected chi connectivity index (χ4v) is 2.50. The summed E-state index contributed by atoms with van der Waals surface area (Å²) in [6.45, 7) is 0.0525. The van der Waals surface area contributed by atoms with Crippen LogP contribution in [0, 0.1) is 11.6 Å². The van der Waals surface area contributed by atoms with Crippen molar-refractivity contribution in [2.45, 2.75) is 6.04 Å². The van der Waals surface area contributed by atoms with Crippen LogP contribution in [0.15, 0.2) is 33.5 Å². The van der Waals surface area contributed by atoms with Gasteiger partial charge in [0.25, 0.3) is 5.91 Å². The number of benzene rings is 1. The van der Waals surface area contributed by atoms with Crippen molar-refractivity contribution >= 4 is 21.8 Å². The summed E-state index contributed by atoms with van der Waals surface area (Å²) in [6, 6.07) is 2.68. The molecule has 2 aromatic rings. The Bertz CT molecular complexity index is 686. The minimum absolute atomic E-state index is 0.0525. The third kappa shape index (κ3) is 2.18. The van der Waals surface area contributed by atoms with Gasteiger partial charge in [0, 0.05) is 12.1 Å². The Balaban J connectivity index is 1.86. The Morgan fingerprint density at radius 1 is 1.40 bits per heavy atom. The lowest BCUT2D eigenvalue weighted by atomic mass is 10.1. The molecule has 1 N–H and O–H groups in total. The molecule has 0 unspecified atom stereocenters. The van der Waals surface area contributed by atoms with E-state index in [1.807, 2.05) is 0 Å². The first-order valence-electron chi connectivity index (χ1n) is 5.72. The summed E-state index contributed by atoms with van der Waals surface area (Å²) in [4.78, 5) is 12.0. The lowest BCUT2D eigenvalue weighted by molar-refractivity contribution is 0.0928. The van der Waals surface area contributed by atoms with Crippen molar-refractivity contribution < 1.29 is 22.7 Å². The molecule has 1 aliphatic rings. The van der Waals surface area contributed by atoms with Crippen molar-refractivity contribution in [1.82, 2.24) is 5.32 Å². The monoisotopic (exact) mass is 343 g/mol. The summed E-state index contributed by atoms with van der Waals surface area (Å²) in [7, 11) is 0. The topological polar surface area (TPSA) is 51.5 Å². The SMILES string of the molecule is O=C(N[C@H]1COc2cc(F)cc(F)c21)c1ccoc1Br. The van der Waals surface area contributed by atoms with E-state index in [0.717, 1.165) is 12.1 Å². The van der Waals surface area contributed by atoms with Crippen LogP contribution in [-0.4, -0.2) is 12.5 Å². The number of hydrogen-bond acceptors (Lipinski definition) is 3. The van der Waals surface area contributed by atoms with Gasteiger partial charge in [-0.15, -0.1) is 0 Å². The zero-order valence-corrected chi connectivity index (χ0v) is 11.5. The molecule has 2 heterocycles. The van der Waals surface area contributed by atoms with Gasteiger partial charge in [-0.25, -0.2) is 8.78 Å². The summed E-state index contributed by atoms with van der Waals surface area (Å²) in [5, 5.41) is 2.62. The molecule has 1 atom stereocenters. The maximum Gasteiger partial charge on any atom is 0.256 e. The van der Waals surface area contributed by atoms with Crippen LogP contribution in [0.25, 0.3) is 0 Å². The van der Waals surface area contributed by atoms with E-state index in [1.165, 1.54) is 12.3 Å². The molecule has 0 saturated carbocycles. The van der Waals surface area contributed by atoms with Crippen LogP contribution in [0.2, 0.25) is 0 Å². The predicted octanol–water partition coefficient (Wildman–Crippen LogP) is 3.18. The van der Waals surface area contributed by atoms with Gasteiger partial charge >= 0.3 is 0 Å². The van der Waals surface area contributed by atoms with Gasteiger partial charge in [-0.3, -0.25) is 4.79 Å². The van der Waals surface area contributed by atoms with Crippen molar-refractivity contribution in [3.63, 3.8) is 0 Å². The molecule has 1 aromatic carbocycles.